The standard InChI is InChI=1S/C13H19N3O4S/c1-7-3-4-10(14)8(2)12(7)21(19,20)16-6-9(17)5-11(16)13(15)18/h3-4,9,11,17H,5-6,14H2,1-2H3,(H2,15,18). The summed E-state index contributed by atoms with van der Waals surface area (Å²) in [4.78, 5) is 11.5. The quantitative estimate of drug-likeness (QED) is 0.648. The van der Waals surface area contributed by atoms with E-state index in [2.05, 4.69) is 0 Å². The number of nitrogens with zero attached hydrogens (tertiary/aromatic N) is 1. The Morgan fingerprint density at radius 1 is 1.38 bits per heavy atom. The van der Waals surface area contributed by atoms with Gasteiger partial charge in [-0.25, -0.2) is 8.42 Å². The third-order valence-electron chi connectivity index (χ3n) is 3.77. The van der Waals surface area contributed by atoms with Gasteiger partial charge in [-0.15, -0.1) is 0 Å². The van der Waals surface area contributed by atoms with Crippen molar-refractivity contribution in [1.82, 2.24) is 4.31 Å². The van der Waals surface area contributed by atoms with Crippen LogP contribution in [0.25, 0.3) is 0 Å². The van der Waals surface area contributed by atoms with E-state index in [0.717, 1.165) is 4.31 Å². The number of sulfonamides is 1. The molecule has 1 aliphatic rings. The molecular weight excluding hydrogens is 294 g/mol. The zero-order valence-electron chi connectivity index (χ0n) is 11.9. The molecule has 1 saturated heterocycles. The first-order valence-electron chi connectivity index (χ1n) is 6.51. The molecule has 2 rings (SSSR count). The number of carbonyl (C=O) groups is 1. The molecule has 1 amide bonds. The number of nitrogen functional groups attached to an aromatic ring is 1. The Hall–Kier alpha value is -1.64. The lowest BCUT2D eigenvalue weighted by Crippen LogP contribution is -2.44. The topological polar surface area (TPSA) is 127 Å². The monoisotopic (exact) mass is 313 g/mol. The number of anilines is 1. The number of primary amides is 1. The lowest BCUT2D eigenvalue weighted by molar-refractivity contribution is -0.121. The number of hydrogen-bond acceptors (Lipinski definition) is 5. The van der Waals surface area contributed by atoms with Crippen LogP contribution in [0.2, 0.25) is 0 Å². The van der Waals surface area contributed by atoms with Crippen LogP contribution in [0.3, 0.4) is 0 Å². The van der Waals surface area contributed by atoms with Gasteiger partial charge in [-0.1, -0.05) is 6.07 Å². The summed E-state index contributed by atoms with van der Waals surface area (Å²) in [7, 11) is -3.96. The minimum Gasteiger partial charge on any atom is -0.398 e. The SMILES string of the molecule is Cc1ccc(N)c(C)c1S(=O)(=O)N1CC(O)CC1C(N)=O. The number of aryl methyl sites for hydroxylation is 1. The fourth-order valence-electron chi connectivity index (χ4n) is 2.66. The van der Waals surface area contributed by atoms with Gasteiger partial charge in [0.1, 0.15) is 6.04 Å². The fourth-order valence-corrected chi connectivity index (χ4v) is 4.77. The third kappa shape index (κ3) is 2.61. The molecular formula is C13H19N3O4S. The molecule has 1 aliphatic heterocycles. The van der Waals surface area contributed by atoms with Crippen molar-refractivity contribution in [2.75, 3.05) is 12.3 Å². The third-order valence-corrected chi connectivity index (χ3v) is 5.94. The van der Waals surface area contributed by atoms with Crippen molar-refractivity contribution in [2.24, 2.45) is 5.73 Å². The van der Waals surface area contributed by atoms with Gasteiger partial charge in [0.15, 0.2) is 0 Å². The summed E-state index contributed by atoms with van der Waals surface area (Å²) in [6, 6.07) is 2.21. The Bertz CT molecular complexity index is 687. The van der Waals surface area contributed by atoms with Crippen LogP contribution < -0.4 is 11.5 Å². The Kier molecular flexibility index (Phi) is 3.96. The molecule has 2 unspecified atom stereocenters. The van der Waals surface area contributed by atoms with Crippen molar-refractivity contribution < 1.29 is 18.3 Å². The number of benzene rings is 1. The number of nitrogens with two attached hydrogens (primary N) is 2. The molecule has 1 aromatic carbocycles. The molecule has 8 heteroatoms. The van der Waals surface area contributed by atoms with Gasteiger partial charge in [0, 0.05) is 18.7 Å². The first kappa shape index (κ1) is 15.7. The maximum Gasteiger partial charge on any atom is 0.244 e. The van der Waals surface area contributed by atoms with E-state index < -0.39 is 28.1 Å². The molecule has 0 radical (unpaired) electrons. The number of carbonyl (C=O) groups excluding carboxylic acids is 1. The van der Waals surface area contributed by atoms with E-state index in [1.54, 1.807) is 26.0 Å². The van der Waals surface area contributed by atoms with Crippen molar-refractivity contribution in [3.8, 4) is 0 Å². The van der Waals surface area contributed by atoms with Crippen molar-refractivity contribution in [3.05, 3.63) is 23.3 Å². The minimum atomic E-state index is -3.96. The Morgan fingerprint density at radius 2 is 2.00 bits per heavy atom. The molecule has 0 aromatic heterocycles. The summed E-state index contributed by atoms with van der Waals surface area (Å²) in [5.74, 6) is -0.769. The van der Waals surface area contributed by atoms with Gasteiger partial charge in [0.2, 0.25) is 15.9 Å². The molecule has 0 spiro atoms. The fraction of sp³-hybridized carbons (Fsp3) is 0.462. The van der Waals surface area contributed by atoms with E-state index >= 15 is 0 Å². The maximum atomic E-state index is 12.8. The highest BCUT2D eigenvalue weighted by Crippen LogP contribution is 2.32. The molecule has 0 saturated carbocycles. The first-order chi connectivity index (χ1) is 9.66. The molecule has 116 valence electrons. The Balaban J connectivity index is 2.57. The molecule has 21 heavy (non-hydrogen) atoms. The molecule has 2 atom stereocenters. The summed E-state index contributed by atoms with van der Waals surface area (Å²) in [6.07, 6.45) is -0.895. The van der Waals surface area contributed by atoms with Crippen LogP contribution >= 0.6 is 0 Å². The van der Waals surface area contributed by atoms with Crippen LogP contribution in [0.1, 0.15) is 17.5 Å². The van der Waals surface area contributed by atoms with Crippen LogP contribution in [0.15, 0.2) is 17.0 Å². The van der Waals surface area contributed by atoms with E-state index in [4.69, 9.17) is 11.5 Å². The number of β-amino-alcohol motifs (C(OH)–C–C–N with tert-alkyl or cyclic N) is 1. The summed E-state index contributed by atoms with van der Waals surface area (Å²) < 4.78 is 26.6. The van der Waals surface area contributed by atoms with Gasteiger partial charge in [-0.05, 0) is 31.0 Å². The summed E-state index contributed by atoms with van der Waals surface area (Å²) in [5.41, 5.74) is 12.4. The predicted molar refractivity (Wildman–Crippen MR) is 77.8 cm³/mol. The van der Waals surface area contributed by atoms with Gasteiger partial charge in [0.25, 0.3) is 0 Å². The lowest BCUT2D eigenvalue weighted by Gasteiger charge is -2.24. The normalized spacial score (nSPS) is 23.4. The molecule has 7 nitrogen and oxygen atoms in total. The van der Waals surface area contributed by atoms with Crippen LogP contribution in [0.4, 0.5) is 5.69 Å². The van der Waals surface area contributed by atoms with Gasteiger partial charge >= 0.3 is 0 Å². The van der Waals surface area contributed by atoms with Crippen LogP contribution in [-0.4, -0.2) is 42.4 Å². The zero-order valence-corrected chi connectivity index (χ0v) is 12.7. The predicted octanol–water partition coefficient (Wildman–Crippen LogP) is -0.505. The highest BCUT2D eigenvalue weighted by Gasteiger charge is 2.43. The average molecular weight is 313 g/mol. The van der Waals surface area contributed by atoms with Crippen LogP contribution in [-0.2, 0) is 14.8 Å². The zero-order chi connectivity index (χ0) is 15.9. The average Bonchev–Trinajstić information content (AvgIpc) is 2.77. The lowest BCUT2D eigenvalue weighted by atomic mass is 10.1. The van der Waals surface area contributed by atoms with Gasteiger partial charge in [0.05, 0.1) is 11.0 Å². The number of aliphatic hydroxyl groups is 1. The molecule has 1 heterocycles. The minimum absolute atomic E-state index is 0.00890. The molecule has 0 aliphatic carbocycles. The van der Waals surface area contributed by atoms with Crippen LogP contribution in [0.5, 0.6) is 0 Å². The van der Waals surface area contributed by atoms with Crippen molar-refractivity contribution in [1.29, 1.82) is 0 Å². The molecule has 0 bridgehead atoms. The maximum absolute atomic E-state index is 12.8. The summed E-state index contributed by atoms with van der Waals surface area (Å²) in [6.45, 7) is 3.12. The number of rotatable bonds is 3. The number of amides is 1. The smallest absolute Gasteiger partial charge is 0.244 e. The summed E-state index contributed by atoms with van der Waals surface area (Å²) >= 11 is 0. The van der Waals surface area contributed by atoms with Crippen LogP contribution in [0, 0.1) is 13.8 Å². The van der Waals surface area contributed by atoms with E-state index in [0.29, 0.717) is 16.8 Å². The molecule has 5 N–H and O–H groups in total. The molecule has 1 aromatic rings. The largest absolute Gasteiger partial charge is 0.398 e. The van der Waals surface area contributed by atoms with E-state index in [9.17, 15) is 18.3 Å². The van der Waals surface area contributed by atoms with E-state index in [1.165, 1.54) is 0 Å². The Labute approximate surface area is 123 Å². The number of hydrogen-bond donors (Lipinski definition) is 3. The Morgan fingerprint density at radius 3 is 2.57 bits per heavy atom. The molecule has 1 fully saturated rings. The van der Waals surface area contributed by atoms with Gasteiger partial charge in [-0.2, -0.15) is 4.31 Å². The van der Waals surface area contributed by atoms with Gasteiger partial charge in [-0.3, -0.25) is 4.79 Å². The second-order valence-corrected chi connectivity index (χ2v) is 7.14. The van der Waals surface area contributed by atoms with Crippen molar-refractivity contribution in [2.45, 2.75) is 37.3 Å². The van der Waals surface area contributed by atoms with Crippen molar-refractivity contribution >= 4 is 21.6 Å². The highest BCUT2D eigenvalue weighted by molar-refractivity contribution is 7.89. The second kappa shape index (κ2) is 5.28. The van der Waals surface area contributed by atoms with E-state index in [1.807, 2.05) is 0 Å². The summed E-state index contributed by atoms with van der Waals surface area (Å²) in [5, 5.41) is 9.68. The second-order valence-electron chi connectivity index (χ2n) is 5.31. The van der Waals surface area contributed by atoms with Gasteiger partial charge < -0.3 is 16.6 Å². The highest BCUT2D eigenvalue weighted by atomic mass is 32.2. The van der Waals surface area contributed by atoms with E-state index in [-0.39, 0.29) is 17.9 Å². The number of aliphatic hydroxyl groups excluding tert-OH is 1. The first-order valence-corrected chi connectivity index (χ1v) is 7.95. The van der Waals surface area contributed by atoms with Crippen molar-refractivity contribution in [3.63, 3.8) is 0 Å².